The number of aromatic amines is 1. The number of hydrogen-bond donors (Lipinski definition) is 1. The second-order valence-corrected chi connectivity index (χ2v) is 10.6. The van der Waals surface area contributed by atoms with Crippen LogP contribution in [0.25, 0.3) is 11.9 Å². The molecule has 0 bridgehead atoms. The van der Waals surface area contributed by atoms with Gasteiger partial charge in [0.25, 0.3) is 11.5 Å². The number of nitrogens with one attached hydrogen (secondary N) is 1. The molecule has 0 radical (unpaired) electrons. The summed E-state index contributed by atoms with van der Waals surface area (Å²) in [5.74, 6) is -3.10. The molecule has 0 saturated carbocycles. The van der Waals surface area contributed by atoms with E-state index >= 15 is 0 Å². The number of carbonyl (C=O) groups excluding carboxylic acids is 2. The Bertz CT molecular complexity index is 2220. The number of aromatic nitrogens is 8. The van der Waals surface area contributed by atoms with Crippen molar-refractivity contribution in [2.75, 3.05) is 0 Å². The summed E-state index contributed by atoms with van der Waals surface area (Å²) in [5, 5.41) is 8.06. The molecule has 0 atom stereocenters. The van der Waals surface area contributed by atoms with E-state index in [1.807, 2.05) is 0 Å². The molecule has 0 saturated heterocycles. The van der Waals surface area contributed by atoms with Gasteiger partial charge >= 0.3 is 0 Å². The quantitative estimate of drug-likeness (QED) is 0.128. The van der Waals surface area contributed by atoms with Gasteiger partial charge in [-0.1, -0.05) is 48.0 Å². The van der Waals surface area contributed by atoms with Gasteiger partial charge in [0.2, 0.25) is 11.8 Å². The minimum atomic E-state index is -1.02. The Hall–Kier alpha value is -5.83. The zero-order valence-corrected chi connectivity index (χ0v) is 25.8. The van der Waals surface area contributed by atoms with Crippen molar-refractivity contribution in [1.29, 1.82) is 0 Å². The van der Waals surface area contributed by atoms with Gasteiger partial charge < -0.3 is 0 Å². The van der Waals surface area contributed by atoms with Crippen LogP contribution in [0.15, 0.2) is 78.1 Å². The lowest BCUT2D eigenvalue weighted by Gasteiger charge is -2.02. The van der Waals surface area contributed by atoms with E-state index in [9.17, 15) is 31.9 Å². The molecular formula is C32H23ClF4N8O3. The van der Waals surface area contributed by atoms with Gasteiger partial charge in [0.1, 0.15) is 11.6 Å². The average molecular weight is 679 g/mol. The molecule has 1 N–H and O–H groups in total. The molecule has 6 rings (SSSR count). The molecule has 6 aromatic rings. The number of ketones is 2. The minimum absolute atomic E-state index is 0.0173. The van der Waals surface area contributed by atoms with Crippen LogP contribution in [0.1, 0.15) is 57.1 Å². The van der Waals surface area contributed by atoms with Gasteiger partial charge in [-0.05, 0) is 37.1 Å². The van der Waals surface area contributed by atoms with E-state index in [0.717, 1.165) is 17.1 Å². The lowest BCUT2D eigenvalue weighted by molar-refractivity contribution is 0.100. The van der Waals surface area contributed by atoms with Crippen molar-refractivity contribution in [3.63, 3.8) is 0 Å². The summed E-state index contributed by atoms with van der Waals surface area (Å²) < 4.78 is 56.2. The Kier molecular flexibility index (Phi) is 9.99. The fraction of sp³-hybridized carbons (Fsp3) is 0.125. The minimum Gasteiger partial charge on any atom is -0.294 e. The zero-order valence-electron chi connectivity index (χ0n) is 25.1. The first-order valence-electron chi connectivity index (χ1n) is 14.0. The number of H-pyrrole nitrogens is 1. The standard InChI is InChI=1S/C16H11ClF2N4O.C16H12F2N4O2/c1-9(24)11-8-23(16-20-7-13(19)15(17)21-16)22-14(11)6-10-4-2-3-5-12(10)18;1-9(23)11-8-22(16-19-7-13(18)15(24)20-16)21-14(11)6-10-4-2-3-5-12(10)17/h2-5,7-8H,6H2,1H3;2-5,7-8H,6H2,1H3,(H,19,20,24). The first-order valence-corrected chi connectivity index (χ1v) is 14.4. The molecule has 244 valence electrons. The van der Waals surface area contributed by atoms with Gasteiger partial charge in [0, 0.05) is 25.2 Å². The van der Waals surface area contributed by atoms with Crippen LogP contribution in [0, 0.1) is 23.3 Å². The SMILES string of the molecule is CC(=O)c1cn(-c2ncc(F)c(=O)[nH]2)nc1Cc1ccccc1F.CC(=O)c1cn(-c2ncc(F)c(Cl)n2)nc1Cc1ccccc1F. The Labute approximate surface area is 273 Å². The number of nitrogens with zero attached hydrogens (tertiary/aromatic N) is 7. The van der Waals surface area contributed by atoms with Crippen molar-refractivity contribution in [3.05, 3.63) is 146 Å². The molecular weight excluding hydrogens is 656 g/mol. The Morgan fingerprint density at radius 3 is 1.73 bits per heavy atom. The molecule has 0 fully saturated rings. The van der Waals surface area contributed by atoms with Gasteiger partial charge in [-0.2, -0.15) is 19.6 Å². The largest absolute Gasteiger partial charge is 0.294 e. The van der Waals surface area contributed by atoms with Crippen molar-refractivity contribution in [3.8, 4) is 11.9 Å². The Morgan fingerprint density at radius 2 is 1.23 bits per heavy atom. The lowest BCUT2D eigenvalue weighted by atomic mass is 10.0. The highest BCUT2D eigenvalue weighted by Crippen LogP contribution is 2.20. The van der Waals surface area contributed by atoms with Gasteiger partial charge in [-0.15, -0.1) is 0 Å². The molecule has 11 nitrogen and oxygen atoms in total. The number of rotatable bonds is 8. The zero-order chi connectivity index (χ0) is 34.5. The summed E-state index contributed by atoms with van der Waals surface area (Å²) >= 11 is 5.64. The number of Topliss-reactive ketones (excluding diaryl/α,β-unsaturated/α-hetero) is 2. The van der Waals surface area contributed by atoms with Gasteiger partial charge in [0.15, 0.2) is 22.5 Å². The van der Waals surface area contributed by atoms with Gasteiger partial charge in [-0.3, -0.25) is 19.4 Å². The first kappa shape index (κ1) is 33.5. The molecule has 0 aliphatic heterocycles. The Balaban J connectivity index is 0.000000188. The van der Waals surface area contributed by atoms with E-state index in [2.05, 4.69) is 30.1 Å². The number of hydrogen-bond acceptors (Lipinski definition) is 8. The van der Waals surface area contributed by atoms with Crippen LogP contribution in [0.5, 0.6) is 0 Å². The van der Waals surface area contributed by atoms with Gasteiger partial charge in [-0.25, -0.2) is 32.5 Å². The molecule has 48 heavy (non-hydrogen) atoms. The third-order valence-corrected chi connectivity index (χ3v) is 7.09. The smallest absolute Gasteiger partial charge is 0.288 e. The van der Waals surface area contributed by atoms with Crippen molar-refractivity contribution < 1.29 is 27.2 Å². The molecule has 0 spiro atoms. The van der Waals surface area contributed by atoms with Crippen LogP contribution in [-0.4, -0.2) is 51.1 Å². The monoisotopic (exact) mass is 678 g/mol. The predicted octanol–water partition coefficient (Wildman–Crippen LogP) is 5.41. The third kappa shape index (κ3) is 7.58. The number of benzene rings is 2. The maximum atomic E-state index is 13.8. The molecule has 4 heterocycles. The summed E-state index contributed by atoms with van der Waals surface area (Å²) in [5.41, 5.74) is 1.12. The van der Waals surface area contributed by atoms with E-state index in [1.165, 1.54) is 43.1 Å². The van der Waals surface area contributed by atoms with Crippen LogP contribution < -0.4 is 5.56 Å². The van der Waals surface area contributed by atoms with E-state index in [1.54, 1.807) is 36.4 Å². The molecule has 2 aromatic carbocycles. The number of halogens is 5. The molecule has 4 aromatic heterocycles. The lowest BCUT2D eigenvalue weighted by Crippen LogP contribution is -2.16. The van der Waals surface area contributed by atoms with E-state index < -0.39 is 23.0 Å². The van der Waals surface area contributed by atoms with Crippen LogP contribution >= 0.6 is 11.6 Å². The average Bonchev–Trinajstić information content (AvgIpc) is 3.68. The predicted molar refractivity (Wildman–Crippen MR) is 164 cm³/mol. The summed E-state index contributed by atoms with van der Waals surface area (Å²) in [6.07, 6.45) is 4.69. The van der Waals surface area contributed by atoms with E-state index in [0.29, 0.717) is 28.1 Å². The fourth-order valence-corrected chi connectivity index (χ4v) is 4.58. The van der Waals surface area contributed by atoms with Crippen LogP contribution in [0.2, 0.25) is 5.15 Å². The van der Waals surface area contributed by atoms with Crippen LogP contribution in [-0.2, 0) is 12.8 Å². The summed E-state index contributed by atoms with van der Waals surface area (Å²) in [6.45, 7) is 2.73. The topological polar surface area (TPSA) is 141 Å². The Morgan fingerprint density at radius 1 is 0.729 bits per heavy atom. The third-order valence-electron chi connectivity index (χ3n) is 6.82. The van der Waals surface area contributed by atoms with Crippen LogP contribution in [0.4, 0.5) is 17.6 Å². The maximum absolute atomic E-state index is 13.8. The molecule has 16 heteroatoms. The second-order valence-electron chi connectivity index (χ2n) is 10.2. The number of carbonyl (C=O) groups is 2. The van der Waals surface area contributed by atoms with Crippen LogP contribution in [0.3, 0.4) is 0 Å². The molecule has 0 aliphatic carbocycles. The highest BCUT2D eigenvalue weighted by molar-refractivity contribution is 6.29. The molecule has 0 amide bonds. The van der Waals surface area contributed by atoms with Crippen molar-refractivity contribution >= 4 is 23.2 Å². The second kappa shape index (κ2) is 14.3. The van der Waals surface area contributed by atoms with E-state index in [4.69, 9.17) is 11.6 Å². The van der Waals surface area contributed by atoms with Crippen molar-refractivity contribution in [2.24, 2.45) is 0 Å². The maximum Gasteiger partial charge on any atom is 0.288 e. The summed E-state index contributed by atoms with van der Waals surface area (Å²) in [6, 6.07) is 12.4. The fourth-order valence-electron chi connectivity index (χ4n) is 4.46. The van der Waals surface area contributed by atoms with Gasteiger partial charge in [0.05, 0.1) is 34.9 Å². The first-order chi connectivity index (χ1) is 22.9. The highest BCUT2D eigenvalue weighted by atomic mass is 35.5. The summed E-state index contributed by atoms with van der Waals surface area (Å²) in [4.78, 5) is 48.5. The molecule has 0 aliphatic rings. The highest BCUT2D eigenvalue weighted by Gasteiger charge is 2.19. The van der Waals surface area contributed by atoms with Crippen molar-refractivity contribution in [1.82, 2.24) is 39.5 Å². The van der Waals surface area contributed by atoms with E-state index in [-0.39, 0.29) is 52.8 Å². The van der Waals surface area contributed by atoms with Crippen molar-refractivity contribution in [2.45, 2.75) is 26.7 Å². The molecule has 0 unspecified atom stereocenters. The summed E-state index contributed by atoms with van der Waals surface area (Å²) in [7, 11) is 0. The normalized spacial score (nSPS) is 10.8.